The van der Waals surface area contributed by atoms with Crippen molar-refractivity contribution in [2.24, 2.45) is 5.73 Å². The van der Waals surface area contributed by atoms with Gasteiger partial charge in [-0.05, 0) is 25.0 Å². The molecule has 102 valence electrons. The highest BCUT2D eigenvalue weighted by Gasteiger charge is 2.18. The van der Waals surface area contributed by atoms with Crippen LogP contribution in [0.3, 0.4) is 0 Å². The van der Waals surface area contributed by atoms with Gasteiger partial charge in [0.15, 0.2) is 0 Å². The van der Waals surface area contributed by atoms with Crippen molar-refractivity contribution >= 4 is 11.8 Å². The highest BCUT2D eigenvalue weighted by molar-refractivity contribution is 5.96. The second kappa shape index (κ2) is 6.29. The molecule has 1 aromatic rings. The lowest BCUT2D eigenvalue weighted by Gasteiger charge is -2.15. The fourth-order valence-corrected chi connectivity index (χ4v) is 2.07. The van der Waals surface area contributed by atoms with E-state index in [9.17, 15) is 9.59 Å². The number of nitrogens with zero attached hydrogens (tertiary/aromatic N) is 2. The number of nitrogens with two attached hydrogens (primary N) is 1. The molecular weight excluding hydrogens is 244 g/mol. The van der Waals surface area contributed by atoms with Crippen molar-refractivity contribution in [3.8, 4) is 0 Å². The number of hydrogen-bond acceptors (Lipinski definition) is 4. The molecule has 2 heterocycles. The van der Waals surface area contributed by atoms with Gasteiger partial charge in [-0.2, -0.15) is 0 Å². The number of rotatable bonds is 4. The molecule has 19 heavy (non-hydrogen) atoms. The van der Waals surface area contributed by atoms with Crippen LogP contribution in [-0.2, 0) is 11.3 Å². The number of carbonyl (C=O) groups excluding carboxylic acids is 2. The van der Waals surface area contributed by atoms with Crippen molar-refractivity contribution in [1.29, 1.82) is 0 Å². The summed E-state index contributed by atoms with van der Waals surface area (Å²) in [7, 11) is 0. The Labute approximate surface area is 112 Å². The topological polar surface area (TPSA) is 88.3 Å². The first-order chi connectivity index (χ1) is 9.20. The third kappa shape index (κ3) is 3.51. The summed E-state index contributed by atoms with van der Waals surface area (Å²) in [5.41, 5.74) is 6.60. The molecule has 1 aliphatic heterocycles. The van der Waals surface area contributed by atoms with Crippen LogP contribution in [0.25, 0.3) is 0 Å². The smallest absolute Gasteiger partial charge is 0.251 e. The van der Waals surface area contributed by atoms with Gasteiger partial charge in [0.05, 0.1) is 12.2 Å². The molecule has 0 aliphatic carbocycles. The molecule has 2 rings (SSSR count). The third-order valence-electron chi connectivity index (χ3n) is 3.15. The van der Waals surface area contributed by atoms with E-state index < -0.39 is 0 Å². The Balaban J connectivity index is 1.88. The van der Waals surface area contributed by atoms with Crippen molar-refractivity contribution < 1.29 is 9.59 Å². The van der Waals surface area contributed by atoms with Gasteiger partial charge in [-0.25, -0.2) is 0 Å². The van der Waals surface area contributed by atoms with Crippen LogP contribution in [0.2, 0.25) is 0 Å². The van der Waals surface area contributed by atoms with Gasteiger partial charge in [-0.3, -0.25) is 14.6 Å². The first-order valence-electron chi connectivity index (χ1n) is 6.41. The highest BCUT2D eigenvalue weighted by atomic mass is 16.2. The zero-order valence-electron chi connectivity index (χ0n) is 10.8. The monoisotopic (exact) mass is 262 g/mol. The highest BCUT2D eigenvalue weighted by Crippen LogP contribution is 2.07. The molecule has 0 atom stereocenters. The van der Waals surface area contributed by atoms with Crippen molar-refractivity contribution in [1.82, 2.24) is 15.2 Å². The van der Waals surface area contributed by atoms with E-state index in [0.29, 0.717) is 11.3 Å². The Morgan fingerprint density at radius 2 is 2.11 bits per heavy atom. The fourth-order valence-electron chi connectivity index (χ4n) is 2.07. The fraction of sp³-hybridized carbons (Fsp3) is 0.462. The molecule has 6 nitrogen and oxygen atoms in total. The normalized spacial score (nSPS) is 14.5. The van der Waals surface area contributed by atoms with Crippen molar-refractivity contribution in [2.45, 2.75) is 19.4 Å². The molecule has 0 unspecified atom stereocenters. The number of nitrogens with one attached hydrogen (secondary N) is 1. The summed E-state index contributed by atoms with van der Waals surface area (Å²) in [6.45, 7) is 1.91. The Morgan fingerprint density at radius 1 is 1.37 bits per heavy atom. The van der Waals surface area contributed by atoms with Crippen LogP contribution in [0.1, 0.15) is 28.9 Å². The number of likely N-dealkylation sites (tertiary alicyclic amines) is 1. The predicted octanol–water partition coefficient (Wildman–Crippen LogP) is -0.107. The summed E-state index contributed by atoms with van der Waals surface area (Å²) in [5, 5.41) is 2.63. The number of aromatic nitrogens is 1. The van der Waals surface area contributed by atoms with E-state index in [1.807, 2.05) is 0 Å². The molecule has 1 fully saturated rings. The van der Waals surface area contributed by atoms with Crippen molar-refractivity contribution in [3.05, 3.63) is 29.6 Å². The average Bonchev–Trinajstić information content (AvgIpc) is 2.98. The van der Waals surface area contributed by atoms with Crippen molar-refractivity contribution in [2.75, 3.05) is 19.6 Å². The summed E-state index contributed by atoms with van der Waals surface area (Å²) < 4.78 is 0. The van der Waals surface area contributed by atoms with E-state index in [4.69, 9.17) is 5.73 Å². The van der Waals surface area contributed by atoms with Crippen LogP contribution < -0.4 is 11.1 Å². The molecule has 2 amide bonds. The van der Waals surface area contributed by atoms with E-state index in [1.165, 1.54) is 0 Å². The quantitative estimate of drug-likeness (QED) is 0.792. The number of carbonyl (C=O) groups is 2. The minimum Gasteiger partial charge on any atom is -0.343 e. The molecule has 0 bridgehead atoms. The molecular formula is C13H18N4O2. The molecule has 6 heteroatoms. The van der Waals surface area contributed by atoms with E-state index in [0.717, 1.165) is 25.9 Å². The Morgan fingerprint density at radius 3 is 2.79 bits per heavy atom. The van der Waals surface area contributed by atoms with Gasteiger partial charge in [0, 0.05) is 31.4 Å². The molecule has 0 radical (unpaired) electrons. The van der Waals surface area contributed by atoms with E-state index in [1.54, 1.807) is 23.2 Å². The Kier molecular flexibility index (Phi) is 4.46. The predicted molar refractivity (Wildman–Crippen MR) is 70.3 cm³/mol. The minimum atomic E-state index is -0.273. The van der Waals surface area contributed by atoms with Crippen LogP contribution in [0, 0.1) is 0 Å². The summed E-state index contributed by atoms with van der Waals surface area (Å²) >= 11 is 0. The van der Waals surface area contributed by atoms with Gasteiger partial charge < -0.3 is 16.0 Å². The Hall–Kier alpha value is -1.95. The van der Waals surface area contributed by atoms with Crippen LogP contribution in [0.4, 0.5) is 0 Å². The van der Waals surface area contributed by atoms with Gasteiger partial charge in [-0.15, -0.1) is 0 Å². The van der Waals surface area contributed by atoms with Gasteiger partial charge in [0.1, 0.15) is 0 Å². The zero-order valence-corrected chi connectivity index (χ0v) is 10.8. The molecule has 0 aromatic carbocycles. The minimum absolute atomic E-state index is 0.0287. The molecule has 0 saturated carbocycles. The van der Waals surface area contributed by atoms with E-state index in [2.05, 4.69) is 10.3 Å². The summed E-state index contributed by atoms with van der Waals surface area (Å²) in [6.07, 6.45) is 3.63. The molecule has 1 aromatic heterocycles. The van der Waals surface area contributed by atoms with Crippen LogP contribution in [-0.4, -0.2) is 41.3 Å². The lowest BCUT2D eigenvalue weighted by Crippen LogP contribution is -2.38. The number of pyridine rings is 1. The summed E-state index contributed by atoms with van der Waals surface area (Å²) in [5.74, 6) is -0.302. The van der Waals surface area contributed by atoms with Crippen LogP contribution >= 0.6 is 0 Å². The zero-order chi connectivity index (χ0) is 13.7. The maximum Gasteiger partial charge on any atom is 0.251 e. The summed E-state index contributed by atoms with van der Waals surface area (Å²) in [6, 6.07) is 3.24. The van der Waals surface area contributed by atoms with Crippen LogP contribution in [0.5, 0.6) is 0 Å². The van der Waals surface area contributed by atoms with Crippen molar-refractivity contribution in [3.63, 3.8) is 0 Å². The second-order valence-electron chi connectivity index (χ2n) is 4.51. The maximum absolute atomic E-state index is 11.9. The first-order valence-corrected chi connectivity index (χ1v) is 6.41. The van der Waals surface area contributed by atoms with Gasteiger partial charge in [0.25, 0.3) is 5.91 Å². The molecule has 0 spiro atoms. The second-order valence-corrected chi connectivity index (χ2v) is 4.51. The van der Waals surface area contributed by atoms with Crippen LogP contribution in [0.15, 0.2) is 18.3 Å². The maximum atomic E-state index is 11.9. The van der Waals surface area contributed by atoms with E-state index >= 15 is 0 Å². The lowest BCUT2D eigenvalue weighted by molar-refractivity contribution is -0.129. The largest absolute Gasteiger partial charge is 0.343 e. The average molecular weight is 262 g/mol. The van der Waals surface area contributed by atoms with Gasteiger partial charge >= 0.3 is 0 Å². The molecule has 1 aliphatic rings. The van der Waals surface area contributed by atoms with Gasteiger partial charge in [0.2, 0.25) is 5.91 Å². The number of hydrogen-bond donors (Lipinski definition) is 2. The standard InChI is InChI=1S/C13H18N4O2/c14-8-11-7-10(3-4-15-11)13(19)16-9-12(18)17-5-1-2-6-17/h3-4,7H,1-2,5-6,8-9,14H2,(H,16,19). The number of amides is 2. The molecule has 3 N–H and O–H groups in total. The lowest BCUT2D eigenvalue weighted by atomic mass is 10.2. The van der Waals surface area contributed by atoms with E-state index in [-0.39, 0.29) is 24.9 Å². The SMILES string of the molecule is NCc1cc(C(=O)NCC(=O)N2CCCC2)ccn1. The molecule has 1 saturated heterocycles. The summed E-state index contributed by atoms with van der Waals surface area (Å²) in [4.78, 5) is 29.5. The Bertz CT molecular complexity index is 469. The third-order valence-corrected chi connectivity index (χ3v) is 3.15. The first kappa shape index (κ1) is 13.5. The van der Waals surface area contributed by atoms with Gasteiger partial charge in [-0.1, -0.05) is 0 Å².